The fourth-order valence-electron chi connectivity index (χ4n) is 5.28. The molecule has 1 atom stereocenters. The number of nitriles is 1. The molecule has 1 aliphatic heterocycles. The molecule has 0 amide bonds. The van der Waals surface area contributed by atoms with Gasteiger partial charge in [-0.05, 0) is 98.6 Å². The van der Waals surface area contributed by atoms with E-state index >= 15 is 0 Å². The van der Waals surface area contributed by atoms with Crippen molar-refractivity contribution >= 4 is 5.69 Å². The Balaban J connectivity index is 1.87. The van der Waals surface area contributed by atoms with Gasteiger partial charge in [0.2, 0.25) is 0 Å². The van der Waals surface area contributed by atoms with Crippen LogP contribution in [0.4, 0.5) is 5.69 Å². The Kier molecular flexibility index (Phi) is 6.28. The average Bonchev–Trinajstić information content (AvgIpc) is 2.77. The quantitative estimate of drug-likeness (QED) is 0.499. The molecular formula is C28H34N2. The highest BCUT2D eigenvalue weighted by Gasteiger charge is 2.29. The standard InChI is InChI=1S/C28H34N2/c1-20(2)10-9-11-21(3)26-18-23(19-29)28(30-16-7-4-8-17-30)25-15-14-22-12-5-6-13-24(22)27(25)26/h5-6,10,12-13,18,21H,4,7-9,11,14-17H2,1-3H3/t21-/m0/s1. The summed E-state index contributed by atoms with van der Waals surface area (Å²) in [6.45, 7) is 8.85. The highest BCUT2D eigenvalue weighted by Crippen LogP contribution is 2.46. The normalized spacial score (nSPS) is 16.3. The van der Waals surface area contributed by atoms with Gasteiger partial charge in [0.1, 0.15) is 6.07 Å². The topological polar surface area (TPSA) is 27.0 Å². The Bertz CT molecular complexity index is 982. The molecule has 0 radical (unpaired) electrons. The van der Waals surface area contributed by atoms with Crippen molar-refractivity contribution in [2.75, 3.05) is 18.0 Å². The molecule has 2 aromatic rings. The zero-order chi connectivity index (χ0) is 21.1. The highest BCUT2D eigenvalue weighted by atomic mass is 15.1. The molecule has 156 valence electrons. The van der Waals surface area contributed by atoms with E-state index in [1.165, 1.54) is 58.3 Å². The molecule has 2 nitrogen and oxygen atoms in total. The maximum absolute atomic E-state index is 10.1. The maximum Gasteiger partial charge on any atom is 0.101 e. The first-order chi connectivity index (χ1) is 14.6. The number of rotatable bonds is 5. The van der Waals surface area contributed by atoms with Crippen molar-refractivity contribution in [3.63, 3.8) is 0 Å². The van der Waals surface area contributed by atoms with E-state index in [-0.39, 0.29) is 0 Å². The van der Waals surface area contributed by atoms with Crippen molar-refractivity contribution in [2.45, 2.75) is 71.6 Å². The Morgan fingerprint density at radius 1 is 1.13 bits per heavy atom. The van der Waals surface area contributed by atoms with E-state index < -0.39 is 0 Å². The average molecular weight is 399 g/mol. The minimum atomic E-state index is 0.433. The van der Waals surface area contributed by atoms with Crippen LogP contribution in [-0.4, -0.2) is 13.1 Å². The number of aryl methyl sites for hydroxylation is 1. The molecular weight excluding hydrogens is 364 g/mol. The smallest absolute Gasteiger partial charge is 0.101 e. The van der Waals surface area contributed by atoms with Gasteiger partial charge in [0, 0.05) is 13.1 Å². The fourth-order valence-corrected chi connectivity index (χ4v) is 5.28. The second-order valence-electron chi connectivity index (χ2n) is 9.29. The predicted molar refractivity (Wildman–Crippen MR) is 127 cm³/mol. The van der Waals surface area contributed by atoms with Crippen LogP contribution >= 0.6 is 0 Å². The number of hydrogen-bond acceptors (Lipinski definition) is 2. The van der Waals surface area contributed by atoms with Crippen molar-refractivity contribution in [3.05, 3.63) is 64.2 Å². The summed E-state index contributed by atoms with van der Waals surface area (Å²) >= 11 is 0. The van der Waals surface area contributed by atoms with E-state index in [1.54, 1.807) is 0 Å². The first-order valence-electron chi connectivity index (χ1n) is 11.7. The van der Waals surface area contributed by atoms with Gasteiger partial charge in [-0.3, -0.25) is 0 Å². The lowest BCUT2D eigenvalue weighted by Crippen LogP contribution is -2.32. The van der Waals surface area contributed by atoms with Gasteiger partial charge < -0.3 is 4.90 Å². The van der Waals surface area contributed by atoms with Crippen LogP contribution in [0.1, 0.15) is 81.0 Å². The highest BCUT2D eigenvalue weighted by molar-refractivity contribution is 5.85. The molecule has 0 N–H and O–H groups in total. The third-order valence-electron chi connectivity index (χ3n) is 6.84. The fraction of sp³-hybridized carbons (Fsp3) is 0.464. The summed E-state index contributed by atoms with van der Waals surface area (Å²) in [4.78, 5) is 2.51. The number of benzene rings is 2. The largest absolute Gasteiger partial charge is 0.370 e. The third-order valence-corrected chi connectivity index (χ3v) is 6.84. The molecule has 0 aromatic heterocycles. The van der Waals surface area contributed by atoms with Crippen LogP contribution in [0.2, 0.25) is 0 Å². The van der Waals surface area contributed by atoms with Crippen molar-refractivity contribution in [1.29, 1.82) is 5.26 Å². The molecule has 1 aliphatic carbocycles. The number of allylic oxidation sites excluding steroid dienone is 2. The lowest BCUT2D eigenvalue weighted by Gasteiger charge is -2.35. The Morgan fingerprint density at radius 3 is 2.63 bits per heavy atom. The first kappa shape index (κ1) is 20.7. The van der Waals surface area contributed by atoms with Crippen molar-refractivity contribution in [1.82, 2.24) is 0 Å². The Hall–Kier alpha value is -2.53. The van der Waals surface area contributed by atoms with E-state index in [0.717, 1.165) is 44.3 Å². The molecule has 30 heavy (non-hydrogen) atoms. The van der Waals surface area contributed by atoms with E-state index in [9.17, 15) is 5.26 Å². The lowest BCUT2D eigenvalue weighted by molar-refractivity contribution is 0.575. The van der Waals surface area contributed by atoms with Crippen LogP contribution in [0.5, 0.6) is 0 Å². The molecule has 0 saturated carbocycles. The van der Waals surface area contributed by atoms with E-state index in [2.05, 4.69) is 68.1 Å². The van der Waals surface area contributed by atoms with Gasteiger partial charge >= 0.3 is 0 Å². The maximum atomic E-state index is 10.1. The van der Waals surface area contributed by atoms with E-state index in [4.69, 9.17) is 0 Å². The van der Waals surface area contributed by atoms with Gasteiger partial charge in [0.05, 0.1) is 11.3 Å². The van der Waals surface area contributed by atoms with E-state index in [1.807, 2.05) is 0 Å². The Morgan fingerprint density at radius 2 is 1.90 bits per heavy atom. The predicted octanol–water partition coefficient (Wildman–Crippen LogP) is 7.16. The number of nitrogens with zero attached hydrogens (tertiary/aromatic N) is 2. The molecule has 0 unspecified atom stereocenters. The summed E-state index contributed by atoms with van der Waals surface area (Å²) in [5, 5.41) is 10.1. The van der Waals surface area contributed by atoms with Crippen LogP contribution in [-0.2, 0) is 12.8 Å². The summed E-state index contributed by atoms with van der Waals surface area (Å²) in [5.41, 5.74) is 10.6. The monoisotopic (exact) mass is 398 g/mol. The van der Waals surface area contributed by atoms with Gasteiger partial charge in [0.25, 0.3) is 0 Å². The van der Waals surface area contributed by atoms with Crippen molar-refractivity contribution in [2.24, 2.45) is 0 Å². The van der Waals surface area contributed by atoms with Gasteiger partial charge in [-0.25, -0.2) is 0 Å². The molecule has 0 spiro atoms. The third kappa shape index (κ3) is 4.04. The molecule has 1 heterocycles. The summed E-state index contributed by atoms with van der Waals surface area (Å²) in [5.74, 6) is 0.433. The molecule has 2 heteroatoms. The zero-order valence-electron chi connectivity index (χ0n) is 18.8. The first-order valence-corrected chi connectivity index (χ1v) is 11.7. The summed E-state index contributed by atoms with van der Waals surface area (Å²) < 4.78 is 0. The summed E-state index contributed by atoms with van der Waals surface area (Å²) in [7, 11) is 0. The molecule has 1 fully saturated rings. The number of hydrogen-bond donors (Lipinski definition) is 0. The van der Waals surface area contributed by atoms with Gasteiger partial charge in [0.15, 0.2) is 0 Å². The number of fused-ring (bicyclic) bond motifs is 3. The minimum absolute atomic E-state index is 0.433. The zero-order valence-corrected chi connectivity index (χ0v) is 18.8. The summed E-state index contributed by atoms with van der Waals surface area (Å²) in [6.07, 6.45) is 10.4. The van der Waals surface area contributed by atoms with Crippen LogP contribution in [0.3, 0.4) is 0 Å². The van der Waals surface area contributed by atoms with Crippen LogP contribution < -0.4 is 4.90 Å². The van der Waals surface area contributed by atoms with Crippen LogP contribution in [0.25, 0.3) is 11.1 Å². The minimum Gasteiger partial charge on any atom is -0.370 e. The number of anilines is 1. The Labute approximate surface area is 182 Å². The number of piperidine rings is 1. The van der Waals surface area contributed by atoms with Crippen molar-refractivity contribution in [3.8, 4) is 17.2 Å². The summed E-state index contributed by atoms with van der Waals surface area (Å²) in [6, 6.07) is 13.7. The molecule has 2 aromatic carbocycles. The van der Waals surface area contributed by atoms with Crippen LogP contribution in [0.15, 0.2) is 42.0 Å². The SMILES string of the molecule is CC(C)=CCC[C@H](C)c1cc(C#N)c(N2CCCCC2)c2c1-c1ccccc1CC2. The molecule has 4 rings (SSSR count). The molecule has 1 saturated heterocycles. The lowest BCUT2D eigenvalue weighted by atomic mass is 9.77. The van der Waals surface area contributed by atoms with E-state index in [0.29, 0.717) is 5.92 Å². The second-order valence-corrected chi connectivity index (χ2v) is 9.29. The van der Waals surface area contributed by atoms with Crippen molar-refractivity contribution < 1.29 is 0 Å². The van der Waals surface area contributed by atoms with Gasteiger partial charge in [-0.1, -0.05) is 42.8 Å². The molecule has 2 aliphatic rings. The second kappa shape index (κ2) is 9.09. The van der Waals surface area contributed by atoms with Gasteiger partial charge in [-0.2, -0.15) is 5.26 Å². The van der Waals surface area contributed by atoms with Gasteiger partial charge in [-0.15, -0.1) is 0 Å². The van der Waals surface area contributed by atoms with Crippen LogP contribution in [0, 0.1) is 11.3 Å². The molecule has 0 bridgehead atoms.